The topological polar surface area (TPSA) is 51.8 Å². The summed E-state index contributed by atoms with van der Waals surface area (Å²) in [4.78, 5) is 10.1. The summed E-state index contributed by atoms with van der Waals surface area (Å²) in [5.41, 5.74) is 7.84. The van der Waals surface area contributed by atoms with Crippen LogP contribution in [0.4, 0.5) is 0 Å². The van der Waals surface area contributed by atoms with Crippen molar-refractivity contribution < 1.29 is 0 Å². The van der Waals surface area contributed by atoms with Crippen molar-refractivity contribution in [3.63, 3.8) is 0 Å². The molecule has 0 radical (unpaired) electrons. The Bertz CT molecular complexity index is 497. The van der Waals surface area contributed by atoms with E-state index in [0.29, 0.717) is 0 Å². The van der Waals surface area contributed by atoms with E-state index in [4.69, 9.17) is 5.73 Å². The molecular weight excluding hydrogens is 230 g/mol. The van der Waals surface area contributed by atoms with E-state index in [1.54, 1.807) is 17.5 Å². The van der Waals surface area contributed by atoms with Crippen LogP contribution in [0, 0.1) is 0 Å². The van der Waals surface area contributed by atoms with Crippen LogP contribution in [0.5, 0.6) is 0 Å². The van der Waals surface area contributed by atoms with Crippen molar-refractivity contribution in [3.05, 3.63) is 35.0 Å². The smallest absolute Gasteiger partial charge is 0.142 e. The number of hydrogen-bond donors (Lipinski definition) is 1. The Morgan fingerprint density at radius 1 is 1.35 bits per heavy atom. The molecular formula is C13H17N3S. The van der Waals surface area contributed by atoms with Gasteiger partial charge in [0.1, 0.15) is 5.01 Å². The van der Waals surface area contributed by atoms with Gasteiger partial charge in [0.15, 0.2) is 0 Å². The van der Waals surface area contributed by atoms with E-state index in [-0.39, 0.29) is 5.54 Å². The first-order valence-corrected chi connectivity index (χ1v) is 6.54. The van der Waals surface area contributed by atoms with Crippen LogP contribution in [0.15, 0.2) is 24.4 Å². The summed E-state index contributed by atoms with van der Waals surface area (Å²) < 4.78 is 0. The van der Waals surface area contributed by atoms with Crippen molar-refractivity contribution >= 4 is 11.3 Å². The highest BCUT2D eigenvalue weighted by Gasteiger charge is 2.23. The molecule has 0 aromatic carbocycles. The van der Waals surface area contributed by atoms with Gasteiger partial charge >= 0.3 is 0 Å². The fourth-order valence-corrected chi connectivity index (χ4v) is 2.84. The fourth-order valence-electron chi connectivity index (χ4n) is 1.69. The average molecular weight is 247 g/mol. The van der Waals surface area contributed by atoms with Gasteiger partial charge in [0, 0.05) is 16.6 Å². The molecule has 0 saturated heterocycles. The second-order valence-electron chi connectivity index (χ2n) is 4.59. The Kier molecular flexibility index (Phi) is 3.26. The Morgan fingerprint density at radius 3 is 2.59 bits per heavy atom. The first-order valence-electron chi connectivity index (χ1n) is 5.73. The number of thiazole rings is 1. The third kappa shape index (κ3) is 2.53. The molecule has 2 aromatic heterocycles. The van der Waals surface area contributed by atoms with E-state index < -0.39 is 0 Å². The molecule has 4 heteroatoms. The number of aromatic nitrogens is 2. The van der Waals surface area contributed by atoms with Crippen molar-refractivity contribution in [2.75, 3.05) is 0 Å². The predicted molar refractivity (Wildman–Crippen MR) is 71.9 cm³/mol. The van der Waals surface area contributed by atoms with E-state index >= 15 is 0 Å². The first-order chi connectivity index (χ1) is 8.02. The monoisotopic (exact) mass is 247 g/mol. The minimum atomic E-state index is -0.337. The first kappa shape index (κ1) is 12.2. The lowest BCUT2D eigenvalue weighted by molar-refractivity contribution is 0.559. The fraction of sp³-hybridized carbons (Fsp3) is 0.385. The van der Waals surface area contributed by atoms with Gasteiger partial charge < -0.3 is 5.73 Å². The normalized spacial score (nSPS) is 11.8. The molecule has 3 nitrogen and oxygen atoms in total. The maximum Gasteiger partial charge on any atom is 0.142 e. The van der Waals surface area contributed by atoms with Crippen molar-refractivity contribution in [2.24, 2.45) is 5.73 Å². The maximum absolute atomic E-state index is 6.17. The molecule has 0 amide bonds. The van der Waals surface area contributed by atoms with Crippen molar-refractivity contribution in [2.45, 2.75) is 32.7 Å². The van der Waals surface area contributed by atoms with E-state index in [9.17, 15) is 0 Å². The van der Waals surface area contributed by atoms with E-state index in [1.165, 1.54) is 0 Å². The van der Waals surface area contributed by atoms with Crippen LogP contribution in [0.2, 0.25) is 0 Å². The maximum atomic E-state index is 6.17. The Hall–Kier alpha value is -1.26. The molecule has 0 aliphatic carbocycles. The van der Waals surface area contributed by atoms with Crippen LogP contribution in [0.3, 0.4) is 0 Å². The lowest BCUT2D eigenvalue weighted by Crippen LogP contribution is -2.28. The molecule has 2 N–H and O–H groups in total. The van der Waals surface area contributed by atoms with Gasteiger partial charge in [-0.25, -0.2) is 4.98 Å². The van der Waals surface area contributed by atoms with Crippen LogP contribution in [-0.4, -0.2) is 9.97 Å². The molecule has 90 valence electrons. The highest BCUT2D eigenvalue weighted by Crippen LogP contribution is 2.33. The quantitative estimate of drug-likeness (QED) is 0.907. The number of aryl methyl sites for hydroxylation is 1. The molecule has 17 heavy (non-hydrogen) atoms. The average Bonchev–Trinajstić information content (AvgIpc) is 2.74. The van der Waals surface area contributed by atoms with Gasteiger partial charge in [-0.05, 0) is 32.4 Å². The minimum Gasteiger partial charge on any atom is -0.321 e. The van der Waals surface area contributed by atoms with Gasteiger partial charge in [-0.15, -0.1) is 11.3 Å². The van der Waals surface area contributed by atoms with Crippen LogP contribution in [0.1, 0.15) is 31.3 Å². The summed E-state index contributed by atoms with van der Waals surface area (Å²) in [5, 5.41) is 0.955. The van der Waals surface area contributed by atoms with Crippen molar-refractivity contribution in [3.8, 4) is 10.7 Å². The van der Waals surface area contributed by atoms with Crippen molar-refractivity contribution in [1.82, 2.24) is 9.97 Å². The van der Waals surface area contributed by atoms with Gasteiger partial charge in [-0.3, -0.25) is 4.98 Å². The highest BCUT2D eigenvalue weighted by molar-refractivity contribution is 7.15. The summed E-state index contributed by atoms with van der Waals surface area (Å²) in [6.07, 6.45) is 2.69. The molecule has 2 heterocycles. The number of rotatable bonds is 3. The van der Waals surface area contributed by atoms with Crippen LogP contribution in [-0.2, 0) is 12.0 Å². The molecule has 2 aromatic rings. The number of hydrogen-bond acceptors (Lipinski definition) is 4. The minimum absolute atomic E-state index is 0.337. The third-order valence-corrected chi connectivity index (χ3v) is 3.96. The van der Waals surface area contributed by atoms with E-state index in [0.717, 1.165) is 27.7 Å². The summed E-state index contributed by atoms with van der Waals surface area (Å²) in [5.74, 6) is 0. The van der Waals surface area contributed by atoms with E-state index in [1.807, 2.05) is 32.0 Å². The van der Waals surface area contributed by atoms with Gasteiger partial charge in [0.05, 0.1) is 11.4 Å². The lowest BCUT2D eigenvalue weighted by atomic mass is 10.0. The Morgan fingerprint density at radius 2 is 2.12 bits per heavy atom. The third-order valence-electron chi connectivity index (χ3n) is 2.50. The van der Waals surface area contributed by atoms with Gasteiger partial charge in [-0.1, -0.05) is 13.0 Å². The van der Waals surface area contributed by atoms with Crippen molar-refractivity contribution in [1.29, 1.82) is 0 Å². The zero-order chi connectivity index (χ0) is 12.5. The van der Waals surface area contributed by atoms with Crippen LogP contribution < -0.4 is 5.73 Å². The Labute approximate surface area is 106 Å². The van der Waals surface area contributed by atoms with Crippen LogP contribution >= 0.6 is 11.3 Å². The number of nitrogens with two attached hydrogens (primary N) is 1. The number of pyridine rings is 1. The molecule has 0 bridgehead atoms. The second-order valence-corrected chi connectivity index (χ2v) is 5.58. The summed E-state index contributed by atoms with van der Waals surface area (Å²) >= 11 is 1.65. The molecule has 0 aliphatic rings. The molecule has 2 rings (SSSR count). The molecule has 0 unspecified atom stereocenters. The predicted octanol–water partition coefficient (Wildman–Crippen LogP) is 2.96. The summed E-state index contributed by atoms with van der Waals surface area (Å²) in [6, 6.07) is 5.86. The lowest BCUT2D eigenvalue weighted by Gasteiger charge is -2.17. The largest absolute Gasteiger partial charge is 0.321 e. The van der Waals surface area contributed by atoms with E-state index in [2.05, 4.69) is 16.9 Å². The van der Waals surface area contributed by atoms with Gasteiger partial charge in [-0.2, -0.15) is 0 Å². The second kappa shape index (κ2) is 4.55. The summed E-state index contributed by atoms with van der Waals surface area (Å²) in [6.45, 7) is 6.14. The zero-order valence-electron chi connectivity index (χ0n) is 10.4. The molecule has 0 atom stereocenters. The molecule has 0 saturated carbocycles. The SMILES string of the molecule is CCc1nc(-c2ccccn2)sc1C(C)(C)N. The zero-order valence-corrected chi connectivity index (χ0v) is 11.2. The molecule has 0 spiro atoms. The summed E-state index contributed by atoms with van der Waals surface area (Å²) in [7, 11) is 0. The van der Waals surface area contributed by atoms with Gasteiger partial charge in [0.2, 0.25) is 0 Å². The molecule has 0 fully saturated rings. The van der Waals surface area contributed by atoms with Gasteiger partial charge in [0.25, 0.3) is 0 Å². The highest BCUT2D eigenvalue weighted by atomic mass is 32.1. The molecule has 0 aliphatic heterocycles. The Balaban J connectivity index is 2.49. The standard InChI is InChI=1S/C13H17N3S/c1-4-9-11(13(2,3)14)17-12(16-9)10-7-5-6-8-15-10/h5-8H,4,14H2,1-3H3. The van der Waals surface area contributed by atoms with Crippen LogP contribution in [0.25, 0.3) is 10.7 Å². The number of nitrogens with zero attached hydrogens (tertiary/aromatic N) is 2.